The van der Waals surface area contributed by atoms with Crippen LogP contribution in [-0.2, 0) is 35.4 Å². The van der Waals surface area contributed by atoms with Gasteiger partial charge in [0.25, 0.3) is 0 Å². The van der Waals surface area contributed by atoms with Crippen molar-refractivity contribution in [1.29, 1.82) is 0 Å². The number of cyclic esters (lactones) is 1. The van der Waals surface area contributed by atoms with Crippen LogP contribution in [0.5, 0.6) is 5.75 Å². The Morgan fingerprint density at radius 2 is 2.11 bits per heavy atom. The molecule has 4 rings (SSSR count). The van der Waals surface area contributed by atoms with Crippen LogP contribution in [0, 0.1) is 0 Å². The second-order valence-electron chi connectivity index (χ2n) is 8.07. The van der Waals surface area contributed by atoms with Crippen molar-refractivity contribution >= 4 is 5.97 Å². The smallest absolute Gasteiger partial charge is 0.310 e. The molecule has 0 amide bonds. The lowest BCUT2D eigenvalue weighted by molar-refractivity contribution is -0.145. The summed E-state index contributed by atoms with van der Waals surface area (Å²) in [5.74, 6) is 1.50. The third-order valence-electron chi connectivity index (χ3n) is 6.12. The first kappa shape index (κ1) is 19.0. The molecule has 1 aliphatic carbocycles. The van der Waals surface area contributed by atoms with E-state index in [4.69, 9.17) is 9.47 Å². The number of carbonyl (C=O) groups excluding carboxylic acids is 1. The SMILES string of the molecule is COc1cccc2c1CCCC2CN(C)CCc1ccc2c(c1)COC(=O)C2. The van der Waals surface area contributed by atoms with Crippen LogP contribution in [0.1, 0.15) is 46.6 Å². The second-order valence-corrected chi connectivity index (χ2v) is 8.07. The van der Waals surface area contributed by atoms with Gasteiger partial charge in [0.1, 0.15) is 12.4 Å². The number of hydrogen-bond acceptors (Lipinski definition) is 4. The van der Waals surface area contributed by atoms with E-state index >= 15 is 0 Å². The molecule has 0 saturated heterocycles. The molecule has 1 heterocycles. The molecular weight excluding hydrogens is 350 g/mol. The van der Waals surface area contributed by atoms with E-state index < -0.39 is 0 Å². The number of hydrogen-bond donors (Lipinski definition) is 0. The minimum Gasteiger partial charge on any atom is -0.496 e. The van der Waals surface area contributed by atoms with Crippen LogP contribution in [0.15, 0.2) is 36.4 Å². The summed E-state index contributed by atoms with van der Waals surface area (Å²) in [7, 11) is 3.99. The van der Waals surface area contributed by atoms with Crippen molar-refractivity contribution in [3.63, 3.8) is 0 Å². The van der Waals surface area contributed by atoms with E-state index in [1.807, 2.05) is 0 Å². The van der Waals surface area contributed by atoms with Crippen LogP contribution in [-0.4, -0.2) is 38.1 Å². The largest absolute Gasteiger partial charge is 0.496 e. The van der Waals surface area contributed by atoms with Gasteiger partial charge in [0.2, 0.25) is 0 Å². The highest BCUT2D eigenvalue weighted by Crippen LogP contribution is 2.36. The monoisotopic (exact) mass is 379 g/mol. The molecule has 1 aliphatic heterocycles. The van der Waals surface area contributed by atoms with Crippen molar-refractivity contribution in [3.05, 3.63) is 64.2 Å². The highest BCUT2D eigenvalue weighted by Gasteiger charge is 2.24. The van der Waals surface area contributed by atoms with Gasteiger partial charge in [0, 0.05) is 13.1 Å². The highest BCUT2D eigenvalue weighted by molar-refractivity contribution is 5.74. The molecule has 0 radical (unpaired) electrons. The van der Waals surface area contributed by atoms with Gasteiger partial charge in [-0.2, -0.15) is 0 Å². The lowest BCUT2D eigenvalue weighted by Crippen LogP contribution is -2.28. The van der Waals surface area contributed by atoms with Crippen LogP contribution >= 0.6 is 0 Å². The number of esters is 1. The molecule has 0 spiro atoms. The Balaban J connectivity index is 1.37. The van der Waals surface area contributed by atoms with Crippen molar-refractivity contribution in [3.8, 4) is 5.75 Å². The predicted molar refractivity (Wildman–Crippen MR) is 110 cm³/mol. The third kappa shape index (κ3) is 4.07. The number of methoxy groups -OCH3 is 1. The fourth-order valence-electron chi connectivity index (χ4n) is 4.59. The molecule has 0 bridgehead atoms. The molecule has 0 saturated carbocycles. The van der Waals surface area contributed by atoms with Crippen LogP contribution in [0.3, 0.4) is 0 Å². The van der Waals surface area contributed by atoms with E-state index in [2.05, 4.69) is 48.3 Å². The van der Waals surface area contributed by atoms with Gasteiger partial charge in [-0.25, -0.2) is 0 Å². The van der Waals surface area contributed by atoms with E-state index in [9.17, 15) is 4.79 Å². The standard InChI is InChI=1S/C24H29NO3/c1-25(12-11-17-9-10-18-14-24(26)28-16-20(18)13-17)15-19-5-3-7-22-21(19)6-4-8-23(22)27-2/h4,6,8-10,13,19H,3,5,7,11-12,14-16H2,1-2H3. The fourth-order valence-corrected chi connectivity index (χ4v) is 4.59. The average molecular weight is 380 g/mol. The van der Waals surface area contributed by atoms with E-state index in [1.54, 1.807) is 7.11 Å². The second kappa shape index (κ2) is 8.36. The summed E-state index contributed by atoms with van der Waals surface area (Å²) in [6.45, 7) is 2.51. The van der Waals surface area contributed by atoms with Gasteiger partial charge in [-0.05, 0) is 72.5 Å². The van der Waals surface area contributed by atoms with E-state index in [-0.39, 0.29) is 5.97 Å². The topological polar surface area (TPSA) is 38.8 Å². The molecule has 0 N–H and O–H groups in total. The van der Waals surface area contributed by atoms with Crippen LogP contribution in [0.4, 0.5) is 0 Å². The van der Waals surface area contributed by atoms with Gasteiger partial charge >= 0.3 is 5.97 Å². The molecule has 2 aromatic carbocycles. The van der Waals surface area contributed by atoms with E-state index in [0.29, 0.717) is 18.9 Å². The Labute approximate surface area is 167 Å². The average Bonchev–Trinajstić information content (AvgIpc) is 2.72. The molecular formula is C24H29NO3. The molecule has 148 valence electrons. The van der Waals surface area contributed by atoms with Crippen molar-refractivity contribution < 1.29 is 14.3 Å². The number of rotatable bonds is 6. The van der Waals surface area contributed by atoms with Crippen molar-refractivity contribution in [2.24, 2.45) is 0 Å². The molecule has 0 aromatic heterocycles. The summed E-state index contributed by atoms with van der Waals surface area (Å²) >= 11 is 0. The van der Waals surface area contributed by atoms with E-state index in [1.165, 1.54) is 29.5 Å². The molecule has 4 heteroatoms. The maximum absolute atomic E-state index is 11.4. The lowest BCUT2D eigenvalue weighted by atomic mass is 9.82. The summed E-state index contributed by atoms with van der Waals surface area (Å²) in [6.07, 6.45) is 5.01. The number of fused-ring (bicyclic) bond motifs is 2. The number of ether oxygens (including phenoxy) is 2. The summed E-state index contributed by atoms with van der Waals surface area (Å²) in [6, 6.07) is 12.9. The quantitative estimate of drug-likeness (QED) is 0.714. The van der Waals surface area contributed by atoms with Gasteiger partial charge in [0.15, 0.2) is 0 Å². The first-order valence-electron chi connectivity index (χ1n) is 10.2. The summed E-state index contributed by atoms with van der Waals surface area (Å²) in [5.41, 5.74) is 6.45. The summed E-state index contributed by atoms with van der Waals surface area (Å²) < 4.78 is 10.8. The van der Waals surface area contributed by atoms with E-state index in [0.717, 1.165) is 42.8 Å². The number of benzene rings is 2. The zero-order valence-corrected chi connectivity index (χ0v) is 16.9. The van der Waals surface area contributed by atoms with Crippen LogP contribution in [0.25, 0.3) is 0 Å². The molecule has 2 aliphatic rings. The fraction of sp³-hybridized carbons (Fsp3) is 0.458. The van der Waals surface area contributed by atoms with Gasteiger partial charge < -0.3 is 14.4 Å². The molecule has 2 aromatic rings. The lowest BCUT2D eigenvalue weighted by Gasteiger charge is -2.30. The molecule has 1 unspecified atom stereocenters. The van der Waals surface area contributed by atoms with Crippen molar-refractivity contribution in [2.45, 2.75) is 44.6 Å². The zero-order valence-electron chi connectivity index (χ0n) is 16.9. The maximum atomic E-state index is 11.4. The third-order valence-corrected chi connectivity index (χ3v) is 6.12. The Morgan fingerprint density at radius 1 is 1.21 bits per heavy atom. The Bertz CT molecular complexity index is 861. The number of likely N-dealkylation sites (N-methyl/N-ethyl adjacent to an activating group) is 1. The number of nitrogens with zero attached hydrogens (tertiary/aromatic N) is 1. The van der Waals surface area contributed by atoms with Crippen molar-refractivity contribution in [2.75, 3.05) is 27.2 Å². The highest BCUT2D eigenvalue weighted by atomic mass is 16.5. The zero-order chi connectivity index (χ0) is 19.5. The molecule has 28 heavy (non-hydrogen) atoms. The number of carbonyl (C=O) groups is 1. The molecule has 4 nitrogen and oxygen atoms in total. The molecule has 1 atom stereocenters. The first-order valence-corrected chi connectivity index (χ1v) is 10.2. The van der Waals surface area contributed by atoms with Crippen LogP contribution < -0.4 is 4.74 Å². The van der Waals surface area contributed by atoms with Crippen molar-refractivity contribution in [1.82, 2.24) is 4.90 Å². The minimum absolute atomic E-state index is 0.121. The first-order chi connectivity index (χ1) is 13.6. The van der Waals surface area contributed by atoms with Gasteiger partial charge in [-0.1, -0.05) is 30.3 Å². The van der Waals surface area contributed by atoms with Gasteiger partial charge in [-0.3, -0.25) is 4.79 Å². The maximum Gasteiger partial charge on any atom is 0.310 e. The summed E-state index contributed by atoms with van der Waals surface area (Å²) in [5, 5.41) is 0. The van der Waals surface area contributed by atoms with Gasteiger partial charge in [0.05, 0.1) is 13.5 Å². The molecule has 0 fully saturated rings. The minimum atomic E-state index is -0.121. The van der Waals surface area contributed by atoms with Gasteiger partial charge in [-0.15, -0.1) is 0 Å². The predicted octanol–water partition coefficient (Wildman–Crippen LogP) is 3.89. The Kier molecular flexibility index (Phi) is 5.67. The summed E-state index contributed by atoms with van der Waals surface area (Å²) in [4.78, 5) is 13.8. The normalized spacial score (nSPS) is 18.4. The van der Waals surface area contributed by atoms with Crippen LogP contribution in [0.2, 0.25) is 0 Å². The Morgan fingerprint density at radius 3 is 2.96 bits per heavy atom. The Hall–Kier alpha value is -2.33.